The topological polar surface area (TPSA) is 50.7 Å². The summed E-state index contributed by atoms with van der Waals surface area (Å²) >= 11 is 0. The van der Waals surface area contributed by atoms with Crippen molar-refractivity contribution in [3.05, 3.63) is 27.8 Å². The van der Waals surface area contributed by atoms with Crippen LogP contribution in [0.2, 0.25) is 0 Å². The van der Waals surface area contributed by atoms with Gasteiger partial charge in [-0.25, -0.2) is 5.10 Å². The Morgan fingerprint density at radius 1 is 1.60 bits per heavy atom. The molecule has 0 bridgehead atoms. The smallest absolute Gasteiger partial charge is 0.288 e. The number of fused-ring (bicyclic) bond motifs is 1. The molecule has 0 aliphatic heterocycles. The van der Waals surface area contributed by atoms with E-state index in [4.69, 9.17) is 6.42 Å². The number of hydrogen-bond donors (Lipinski definition) is 1. The van der Waals surface area contributed by atoms with Crippen LogP contribution in [0.3, 0.4) is 0 Å². The number of H-pyrrole nitrogens is 1. The van der Waals surface area contributed by atoms with Gasteiger partial charge in [0, 0.05) is 11.1 Å². The van der Waals surface area contributed by atoms with E-state index in [1.807, 2.05) is 18.4 Å². The first kappa shape index (κ1) is 9.53. The van der Waals surface area contributed by atoms with Crippen molar-refractivity contribution in [3.63, 3.8) is 0 Å². The highest BCUT2D eigenvalue weighted by molar-refractivity contribution is 5.83. The van der Waals surface area contributed by atoms with E-state index >= 15 is 0 Å². The van der Waals surface area contributed by atoms with E-state index in [-0.39, 0.29) is 5.56 Å². The zero-order valence-corrected chi connectivity index (χ0v) is 8.66. The molecular weight excluding hydrogens is 190 g/mol. The van der Waals surface area contributed by atoms with Crippen LogP contribution in [-0.2, 0) is 6.54 Å². The molecule has 2 rings (SSSR count). The average molecular weight is 201 g/mol. The van der Waals surface area contributed by atoms with E-state index in [1.54, 1.807) is 6.20 Å². The van der Waals surface area contributed by atoms with Crippen molar-refractivity contribution >= 4 is 10.9 Å². The largest absolute Gasteiger partial charge is 0.328 e. The summed E-state index contributed by atoms with van der Waals surface area (Å²) in [7, 11) is 0. The summed E-state index contributed by atoms with van der Waals surface area (Å²) in [6.07, 6.45) is 6.94. The molecule has 0 fully saturated rings. The first-order valence-corrected chi connectivity index (χ1v) is 4.63. The van der Waals surface area contributed by atoms with Gasteiger partial charge < -0.3 is 4.57 Å². The lowest BCUT2D eigenvalue weighted by atomic mass is 10.2. The van der Waals surface area contributed by atoms with E-state index in [0.717, 1.165) is 16.6 Å². The van der Waals surface area contributed by atoms with Crippen molar-refractivity contribution < 1.29 is 0 Å². The van der Waals surface area contributed by atoms with Crippen LogP contribution < -0.4 is 5.56 Å². The predicted octanol–water partition coefficient (Wildman–Crippen LogP) is 0.975. The molecular formula is C11H11N3O. The molecule has 0 aromatic carbocycles. The Bertz CT molecular complexity index is 613. The molecule has 4 heteroatoms. The Morgan fingerprint density at radius 2 is 2.33 bits per heavy atom. The Labute approximate surface area is 86.9 Å². The highest BCUT2D eigenvalue weighted by Crippen LogP contribution is 2.20. The summed E-state index contributed by atoms with van der Waals surface area (Å²) in [6, 6.07) is 0. The third-order valence-corrected chi connectivity index (χ3v) is 2.70. The van der Waals surface area contributed by atoms with Gasteiger partial charge in [0.05, 0.1) is 12.7 Å². The number of aromatic amines is 1. The Hall–Kier alpha value is -2.02. The third kappa shape index (κ3) is 1.24. The molecule has 2 heterocycles. The first-order valence-electron chi connectivity index (χ1n) is 4.63. The summed E-state index contributed by atoms with van der Waals surface area (Å²) in [6.45, 7) is 4.32. The van der Waals surface area contributed by atoms with Crippen LogP contribution >= 0.6 is 0 Å². The van der Waals surface area contributed by atoms with Crippen molar-refractivity contribution in [1.29, 1.82) is 0 Å². The maximum absolute atomic E-state index is 11.6. The molecule has 0 amide bonds. The minimum Gasteiger partial charge on any atom is -0.328 e. The van der Waals surface area contributed by atoms with Gasteiger partial charge in [-0.1, -0.05) is 5.92 Å². The molecule has 0 saturated carbocycles. The molecule has 4 nitrogen and oxygen atoms in total. The van der Waals surface area contributed by atoms with E-state index < -0.39 is 0 Å². The number of aryl methyl sites for hydroxylation is 1. The molecule has 15 heavy (non-hydrogen) atoms. The molecule has 2 aromatic heterocycles. The fourth-order valence-corrected chi connectivity index (χ4v) is 1.79. The number of aromatic nitrogens is 3. The van der Waals surface area contributed by atoms with Crippen molar-refractivity contribution in [1.82, 2.24) is 14.8 Å². The number of hydrogen-bond acceptors (Lipinski definition) is 2. The van der Waals surface area contributed by atoms with Gasteiger partial charge in [0.15, 0.2) is 0 Å². The van der Waals surface area contributed by atoms with Crippen LogP contribution in [0.25, 0.3) is 10.9 Å². The summed E-state index contributed by atoms with van der Waals surface area (Å²) in [5.41, 5.74) is 2.48. The monoisotopic (exact) mass is 201 g/mol. The van der Waals surface area contributed by atoms with Gasteiger partial charge >= 0.3 is 0 Å². The van der Waals surface area contributed by atoms with E-state index in [2.05, 4.69) is 16.1 Å². The van der Waals surface area contributed by atoms with E-state index in [0.29, 0.717) is 12.1 Å². The minimum atomic E-state index is -0.195. The van der Waals surface area contributed by atoms with Gasteiger partial charge in [-0.05, 0) is 19.4 Å². The fraction of sp³-hybridized carbons (Fsp3) is 0.273. The molecule has 1 N–H and O–H groups in total. The van der Waals surface area contributed by atoms with Crippen LogP contribution in [0, 0.1) is 26.2 Å². The molecule has 0 spiro atoms. The Kier molecular flexibility index (Phi) is 2.09. The van der Waals surface area contributed by atoms with Gasteiger partial charge in [0.1, 0.15) is 5.52 Å². The maximum Gasteiger partial charge on any atom is 0.288 e. The van der Waals surface area contributed by atoms with Gasteiger partial charge in [-0.2, -0.15) is 5.10 Å². The van der Waals surface area contributed by atoms with Crippen LogP contribution in [0.15, 0.2) is 11.0 Å². The van der Waals surface area contributed by atoms with Crippen LogP contribution in [0.4, 0.5) is 0 Å². The SMILES string of the molecule is C#CCn1c(C)c(C)c2cn[nH]c(=O)c21. The second kappa shape index (κ2) is 3.28. The van der Waals surface area contributed by atoms with E-state index in [1.165, 1.54) is 0 Å². The number of rotatable bonds is 1. The standard InChI is InChI=1S/C11H11N3O/c1-4-5-14-8(3)7(2)9-6-12-13-11(15)10(9)14/h1,6H,5H2,2-3H3,(H,13,15). The summed E-state index contributed by atoms with van der Waals surface area (Å²) in [5.74, 6) is 2.55. The normalized spacial score (nSPS) is 10.5. The summed E-state index contributed by atoms with van der Waals surface area (Å²) in [4.78, 5) is 11.6. The molecule has 2 aromatic rings. The van der Waals surface area contributed by atoms with Crippen LogP contribution in [0.5, 0.6) is 0 Å². The van der Waals surface area contributed by atoms with Gasteiger partial charge in [0.25, 0.3) is 5.56 Å². The maximum atomic E-state index is 11.6. The molecule has 0 atom stereocenters. The van der Waals surface area contributed by atoms with Crippen LogP contribution in [-0.4, -0.2) is 14.8 Å². The number of nitrogens with zero attached hydrogens (tertiary/aromatic N) is 2. The second-order valence-electron chi connectivity index (χ2n) is 3.46. The molecule has 0 radical (unpaired) electrons. The molecule has 0 saturated heterocycles. The second-order valence-corrected chi connectivity index (χ2v) is 3.46. The Morgan fingerprint density at radius 3 is 3.00 bits per heavy atom. The fourth-order valence-electron chi connectivity index (χ4n) is 1.79. The van der Waals surface area contributed by atoms with Gasteiger partial charge in [0.2, 0.25) is 0 Å². The van der Waals surface area contributed by atoms with Crippen molar-refractivity contribution in [3.8, 4) is 12.3 Å². The minimum absolute atomic E-state index is 0.195. The van der Waals surface area contributed by atoms with Crippen molar-refractivity contribution in [2.45, 2.75) is 20.4 Å². The van der Waals surface area contributed by atoms with Crippen molar-refractivity contribution in [2.24, 2.45) is 0 Å². The number of terminal acetylenes is 1. The van der Waals surface area contributed by atoms with Crippen LogP contribution in [0.1, 0.15) is 11.3 Å². The lowest BCUT2D eigenvalue weighted by molar-refractivity contribution is 0.832. The first-order chi connectivity index (χ1) is 7.16. The van der Waals surface area contributed by atoms with Crippen molar-refractivity contribution in [2.75, 3.05) is 0 Å². The highest BCUT2D eigenvalue weighted by atomic mass is 16.1. The molecule has 76 valence electrons. The molecule has 0 unspecified atom stereocenters. The lowest BCUT2D eigenvalue weighted by Crippen LogP contribution is -2.12. The third-order valence-electron chi connectivity index (χ3n) is 2.70. The quantitative estimate of drug-likeness (QED) is 0.699. The highest BCUT2D eigenvalue weighted by Gasteiger charge is 2.12. The summed E-state index contributed by atoms with van der Waals surface area (Å²) < 4.78 is 1.84. The van der Waals surface area contributed by atoms with Gasteiger partial charge in [-0.3, -0.25) is 4.79 Å². The molecule has 0 aliphatic rings. The lowest BCUT2D eigenvalue weighted by Gasteiger charge is -2.01. The predicted molar refractivity (Wildman–Crippen MR) is 58.7 cm³/mol. The Balaban J connectivity index is 2.97. The average Bonchev–Trinajstić information content (AvgIpc) is 2.46. The zero-order chi connectivity index (χ0) is 11.0. The zero-order valence-electron chi connectivity index (χ0n) is 8.66. The summed E-state index contributed by atoms with van der Waals surface area (Å²) in [5, 5.41) is 7.07. The van der Waals surface area contributed by atoms with E-state index in [9.17, 15) is 4.79 Å². The molecule has 0 aliphatic carbocycles. The number of nitrogens with one attached hydrogen (secondary N) is 1. The van der Waals surface area contributed by atoms with Gasteiger partial charge in [-0.15, -0.1) is 6.42 Å².